The lowest BCUT2D eigenvalue weighted by Crippen LogP contribution is -2.35. The minimum absolute atomic E-state index is 0.0653. The van der Waals surface area contributed by atoms with Crippen LogP contribution in [-0.4, -0.2) is 18.9 Å². The van der Waals surface area contributed by atoms with Crippen LogP contribution in [0.2, 0.25) is 0 Å². The highest BCUT2D eigenvalue weighted by molar-refractivity contribution is 6.03. The number of dihydropyridines is 1. The van der Waals surface area contributed by atoms with Crippen molar-refractivity contribution < 1.29 is 23.1 Å². The van der Waals surface area contributed by atoms with Gasteiger partial charge in [-0.15, -0.1) is 0 Å². The summed E-state index contributed by atoms with van der Waals surface area (Å²) >= 11 is 0. The summed E-state index contributed by atoms with van der Waals surface area (Å²) in [7, 11) is 1.20. The van der Waals surface area contributed by atoms with Crippen molar-refractivity contribution in [2.75, 3.05) is 7.11 Å². The van der Waals surface area contributed by atoms with E-state index >= 15 is 0 Å². The Hall–Kier alpha value is -2.50. The number of ketones is 1. The lowest BCUT2D eigenvalue weighted by molar-refractivity contribution is -0.136. The molecule has 0 spiro atoms. The van der Waals surface area contributed by atoms with Crippen LogP contribution in [0.5, 0.6) is 0 Å². The van der Waals surface area contributed by atoms with Crippen molar-refractivity contribution in [3.63, 3.8) is 0 Å². The highest BCUT2D eigenvalue weighted by atomic mass is 19.1. The summed E-state index contributed by atoms with van der Waals surface area (Å²) in [6.07, 6.45) is 1.55. The first-order chi connectivity index (χ1) is 11.5. The Balaban J connectivity index is 2.28. The molecule has 1 aromatic rings. The number of methoxy groups -OCH3 is 1. The highest BCUT2D eigenvalue weighted by Gasteiger charge is 2.41. The van der Waals surface area contributed by atoms with Gasteiger partial charge < -0.3 is 10.1 Å². The van der Waals surface area contributed by atoms with Gasteiger partial charge in [-0.25, -0.2) is 13.6 Å². The smallest absolute Gasteiger partial charge is 0.336 e. The molecule has 1 N–H and O–H groups in total. The molecule has 3 rings (SSSR count). The summed E-state index contributed by atoms with van der Waals surface area (Å²) in [4.78, 5) is 24.7. The van der Waals surface area contributed by atoms with E-state index in [2.05, 4.69) is 5.32 Å². The number of benzene rings is 1. The Bertz CT molecular complexity index is 775. The van der Waals surface area contributed by atoms with Gasteiger partial charge >= 0.3 is 5.97 Å². The standard InChI is InChI=1S/C18H17F2NO3/c1-9-14(18(23)24-2)17(15-10(19)5-3-6-11(15)20)16-12(21-9)7-4-8-13(16)22/h3,5-6,17,21H,4,7-8H2,1-2H3/t17-/m0/s1. The van der Waals surface area contributed by atoms with Crippen LogP contribution in [0.25, 0.3) is 0 Å². The maximum atomic E-state index is 14.4. The van der Waals surface area contributed by atoms with Gasteiger partial charge in [0.2, 0.25) is 0 Å². The Kier molecular flexibility index (Phi) is 4.22. The second-order valence-electron chi connectivity index (χ2n) is 5.89. The molecule has 0 radical (unpaired) electrons. The van der Waals surface area contributed by atoms with Gasteiger partial charge in [0.15, 0.2) is 5.78 Å². The van der Waals surface area contributed by atoms with E-state index in [1.807, 2.05) is 0 Å². The molecule has 1 aliphatic carbocycles. The van der Waals surface area contributed by atoms with Crippen LogP contribution >= 0.6 is 0 Å². The molecule has 2 aliphatic rings. The van der Waals surface area contributed by atoms with Crippen LogP contribution in [-0.2, 0) is 14.3 Å². The Morgan fingerprint density at radius 2 is 1.92 bits per heavy atom. The molecule has 0 amide bonds. The molecule has 1 atom stereocenters. The molecular weight excluding hydrogens is 316 g/mol. The first-order valence-corrected chi connectivity index (χ1v) is 7.72. The second-order valence-corrected chi connectivity index (χ2v) is 5.89. The molecule has 24 heavy (non-hydrogen) atoms. The van der Waals surface area contributed by atoms with Gasteiger partial charge in [-0.2, -0.15) is 0 Å². The number of ether oxygens (including phenoxy) is 1. The molecule has 0 unspecified atom stereocenters. The van der Waals surface area contributed by atoms with Gasteiger partial charge in [0.25, 0.3) is 0 Å². The first kappa shape index (κ1) is 16.4. The van der Waals surface area contributed by atoms with Crippen LogP contribution in [0.4, 0.5) is 8.78 Å². The summed E-state index contributed by atoms with van der Waals surface area (Å²) in [6.45, 7) is 1.64. The molecule has 126 valence electrons. The number of Topliss-reactive ketones (excluding diaryl/α,β-unsaturated/α-hetero) is 1. The lowest BCUT2D eigenvalue weighted by Gasteiger charge is -2.34. The number of carbonyl (C=O) groups is 2. The predicted molar refractivity (Wildman–Crippen MR) is 82.8 cm³/mol. The van der Waals surface area contributed by atoms with E-state index < -0.39 is 23.5 Å². The maximum Gasteiger partial charge on any atom is 0.336 e. The summed E-state index contributed by atoms with van der Waals surface area (Å²) in [5.74, 6) is -3.59. The number of carbonyl (C=O) groups excluding carboxylic acids is 2. The summed E-state index contributed by atoms with van der Waals surface area (Å²) in [5.41, 5.74) is 1.11. The van der Waals surface area contributed by atoms with Gasteiger partial charge in [-0.1, -0.05) is 6.07 Å². The molecular formula is C18H17F2NO3. The number of halogens is 2. The van der Waals surface area contributed by atoms with Crippen molar-refractivity contribution >= 4 is 11.8 Å². The topological polar surface area (TPSA) is 55.4 Å². The molecule has 1 heterocycles. The molecule has 6 heteroatoms. The van der Waals surface area contributed by atoms with E-state index in [1.165, 1.54) is 13.2 Å². The fourth-order valence-corrected chi connectivity index (χ4v) is 3.44. The monoisotopic (exact) mass is 333 g/mol. The van der Waals surface area contributed by atoms with Crippen molar-refractivity contribution in [1.29, 1.82) is 0 Å². The van der Waals surface area contributed by atoms with Crippen molar-refractivity contribution in [3.05, 3.63) is 57.9 Å². The van der Waals surface area contributed by atoms with Crippen molar-refractivity contribution in [3.8, 4) is 0 Å². The van der Waals surface area contributed by atoms with Crippen LogP contribution in [0, 0.1) is 11.6 Å². The van der Waals surface area contributed by atoms with Gasteiger partial charge in [0.1, 0.15) is 11.6 Å². The highest BCUT2D eigenvalue weighted by Crippen LogP contribution is 2.43. The molecule has 0 bridgehead atoms. The largest absolute Gasteiger partial charge is 0.466 e. The van der Waals surface area contributed by atoms with E-state index in [0.29, 0.717) is 30.7 Å². The van der Waals surface area contributed by atoms with Crippen molar-refractivity contribution in [1.82, 2.24) is 5.32 Å². The molecule has 0 saturated heterocycles. The third-order valence-electron chi connectivity index (χ3n) is 4.47. The molecule has 1 aliphatic heterocycles. The second kappa shape index (κ2) is 6.19. The molecule has 4 nitrogen and oxygen atoms in total. The molecule has 0 saturated carbocycles. The zero-order chi connectivity index (χ0) is 17.4. The fourth-order valence-electron chi connectivity index (χ4n) is 3.44. The van der Waals surface area contributed by atoms with E-state index in [-0.39, 0.29) is 22.5 Å². The Morgan fingerprint density at radius 1 is 1.25 bits per heavy atom. The van der Waals surface area contributed by atoms with Crippen LogP contribution < -0.4 is 5.32 Å². The van der Waals surface area contributed by atoms with Crippen molar-refractivity contribution in [2.45, 2.75) is 32.1 Å². The van der Waals surface area contributed by atoms with Gasteiger partial charge in [0.05, 0.1) is 18.6 Å². The van der Waals surface area contributed by atoms with Gasteiger partial charge in [-0.05, 0) is 31.9 Å². The third-order valence-corrected chi connectivity index (χ3v) is 4.47. The zero-order valence-corrected chi connectivity index (χ0v) is 13.4. The van der Waals surface area contributed by atoms with Crippen LogP contribution in [0.3, 0.4) is 0 Å². The van der Waals surface area contributed by atoms with E-state index in [0.717, 1.165) is 12.1 Å². The summed E-state index contributed by atoms with van der Waals surface area (Å²) in [5, 5.41) is 3.05. The number of rotatable bonds is 2. The third kappa shape index (κ3) is 2.52. The minimum atomic E-state index is -1.09. The van der Waals surface area contributed by atoms with E-state index in [4.69, 9.17) is 4.74 Å². The average Bonchev–Trinajstić information content (AvgIpc) is 2.53. The number of allylic oxidation sites excluding steroid dienone is 3. The van der Waals surface area contributed by atoms with Gasteiger partial charge in [-0.3, -0.25) is 4.79 Å². The number of hydrogen-bond donors (Lipinski definition) is 1. The Morgan fingerprint density at radius 3 is 2.54 bits per heavy atom. The SMILES string of the molecule is COC(=O)C1=C(C)NC2=C(C(=O)CCC2)[C@@H]1c1c(F)cccc1F. The molecule has 1 aromatic carbocycles. The first-order valence-electron chi connectivity index (χ1n) is 7.72. The lowest BCUT2D eigenvalue weighted by atomic mass is 9.75. The fraction of sp³-hybridized carbons (Fsp3) is 0.333. The van der Waals surface area contributed by atoms with Gasteiger partial charge in [0, 0.05) is 29.0 Å². The van der Waals surface area contributed by atoms with E-state index in [9.17, 15) is 18.4 Å². The molecule has 0 aromatic heterocycles. The normalized spacial score (nSPS) is 20.7. The van der Waals surface area contributed by atoms with Crippen LogP contribution in [0.15, 0.2) is 40.7 Å². The minimum Gasteiger partial charge on any atom is -0.466 e. The summed E-state index contributed by atoms with van der Waals surface area (Å²) < 4.78 is 33.6. The van der Waals surface area contributed by atoms with Crippen molar-refractivity contribution in [2.24, 2.45) is 0 Å². The number of nitrogens with one attached hydrogen (secondary N) is 1. The maximum absolute atomic E-state index is 14.4. The number of esters is 1. The average molecular weight is 333 g/mol. The Labute approximate surface area is 138 Å². The molecule has 0 fully saturated rings. The number of hydrogen-bond acceptors (Lipinski definition) is 4. The van der Waals surface area contributed by atoms with E-state index in [1.54, 1.807) is 6.92 Å². The summed E-state index contributed by atoms with van der Waals surface area (Å²) in [6, 6.07) is 3.50. The van der Waals surface area contributed by atoms with Crippen LogP contribution in [0.1, 0.15) is 37.7 Å². The predicted octanol–water partition coefficient (Wildman–Crippen LogP) is 3.11. The quantitative estimate of drug-likeness (QED) is 0.845. The zero-order valence-electron chi connectivity index (χ0n) is 13.4.